The molecule has 0 aromatic heterocycles. The van der Waals surface area contributed by atoms with E-state index in [4.69, 9.17) is 28.9 Å². The van der Waals surface area contributed by atoms with Crippen LogP contribution in [0.5, 0.6) is 0 Å². The predicted octanol–water partition coefficient (Wildman–Crippen LogP) is 3.58. The summed E-state index contributed by atoms with van der Waals surface area (Å²) in [6, 6.07) is 5.00. The number of anilines is 1. The Kier molecular flexibility index (Phi) is 5.13. The molecule has 0 spiro atoms. The van der Waals surface area contributed by atoms with Crippen LogP contribution in [0.15, 0.2) is 18.2 Å². The van der Waals surface area contributed by atoms with Gasteiger partial charge in [-0.2, -0.15) is 0 Å². The van der Waals surface area contributed by atoms with Crippen molar-refractivity contribution in [1.29, 1.82) is 0 Å². The van der Waals surface area contributed by atoms with Crippen molar-refractivity contribution in [2.45, 2.75) is 25.8 Å². The summed E-state index contributed by atoms with van der Waals surface area (Å²) >= 11 is 11.8. The zero-order valence-corrected chi connectivity index (χ0v) is 12.9. The standard InChI is InChI=1S/C14H19Cl2N3O/c1-9-3-2-6-19(13(9)8-17)14(20)18-10-4-5-11(15)12(16)7-10/h4-5,7,9,13H,2-3,6,8,17H2,1H3,(H,18,20). The average Bonchev–Trinajstić information content (AvgIpc) is 2.42. The highest BCUT2D eigenvalue weighted by Crippen LogP contribution is 2.27. The van der Waals surface area contributed by atoms with Crippen LogP contribution in [-0.2, 0) is 0 Å². The van der Waals surface area contributed by atoms with Gasteiger partial charge in [-0.25, -0.2) is 4.79 Å². The van der Waals surface area contributed by atoms with Gasteiger partial charge in [0.05, 0.1) is 10.0 Å². The average molecular weight is 316 g/mol. The molecule has 2 atom stereocenters. The number of benzene rings is 1. The monoisotopic (exact) mass is 315 g/mol. The number of nitrogens with one attached hydrogen (secondary N) is 1. The number of nitrogens with zero attached hydrogens (tertiary/aromatic N) is 1. The van der Waals surface area contributed by atoms with Crippen molar-refractivity contribution in [3.63, 3.8) is 0 Å². The molecule has 1 aliphatic heterocycles. The minimum Gasteiger partial charge on any atom is -0.328 e. The molecule has 110 valence electrons. The van der Waals surface area contributed by atoms with E-state index in [1.807, 2.05) is 4.90 Å². The van der Waals surface area contributed by atoms with Gasteiger partial charge in [0.15, 0.2) is 0 Å². The largest absolute Gasteiger partial charge is 0.328 e. The second-order valence-electron chi connectivity index (χ2n) is 5.17. The molecule has 3 N–H and O–H groups in total. The molecule has 20 heavy (non-hydrogen) atoms. The first-order valence-electron chi connectivity index (χ1n) is 6.75. The number of nitrogens with two attached hydrogens (primary N) is 1. The molecule has 0 bridgehead atoms. The Morgan fingerprint density at radius 1 is 1.45 bits per heavy atom. The topological polar surface area (TPSA) is 58.4 Å². The van der Waals surface area contributed by atoms with Crippen LogP contribution in [-0.4, -0.2) is 30.1 Å². The second kappa shape index (κ2) is 6.66. The second-order valence-corrected chi connectivity index (χ2v) is 5.99. The van der Waals surface area contributed by atoms with Gasteiger partial charge in [-0.05, 0) is 37.0 Å². The number of urea groups is 1. The number of piperidine rings is 1. The van der Waals surface area contributed by atoms with Crippen LogP contribution in [0.4, 0.5) is 10.5 Å². The Bertz CT molecular complexity index is 495. The Labute approximate surface area is 129 Å². The van der Waals surface area contributed by atoms with Crippen LogP contribution >= 0.6 is 23.2 Å². The normalized spacial score (nSPS) is 22.7. The van der Waals surface area contributed by atoms with Crippen LogP contribution < -0.4 is 11.1 Å². The molecular formula is C14H19Cl2N3O. The number of hydrogen-bond donors (Lipinski definition) is 2. The maximum absolute atomic E-state index is 12.4. The van der Waals surface area contributed by atoms with Gasteiger partial charge in [-0.3, -0.25) is 0 Å². The summed E-state index contributed by atoms with van der Waals surface area (Å²) < 4.78 is 0. The highest BCUT2D eigenvalue weighted by Gasteiger charge is 2.30. The molecule has 0 saturated carbocycles. The minimum absolute atomic E-state index is 0.0894. The quantitative estimate of drug-likeness (QED) is 0.876. The van der Waals surface area contributed by atoms with Crippen molar-refractivity contribution >= 4 is 34.9 Å². The minimum atomic E-state index is -0.134. The van der Waals surface area contributed by atoms with Gasteiger partial charge < -0.3 is 16.0 Å². The van der Waals surface area contributed by atoms with Crippen molar-refractivity contribution in [3.05, 3.63) is 28.2 Å². The lowest BCUT2D eigenvalue weighted by Crippen LogP contribution is -2.52. The van der Waals surface area contributed by atoms with E-state index in [-0.39, 0.29) is 12.1 Å². The summed E-state index contributed by atoms with van der Waals surface area (Å²) in [5.74, 6) is 0.424. The van der Waals surface area contributed by atoms with Gasteiger partial charge in [0.1, 0.15) is 0 Å². The third-order valence-electron chi connectivity index (χ3n) is 3.79. The van der Waals surface area contributed by atoms with Gasteiger partial charge in [0, 0.05) is 24.8 Å². The van der Waals surface area contributed by atoms with Gasteiger partial charge in [-0.15, -0.1) is 0 Å². The zero-order valence-electron chi connectivity index (χ0n) is 11.4. The Hall–Kier alpha value is -0.970. The maximum Gasteiger partial charge on any atom is 0.322 e. The molecular weight excluding hydrogens is 297 g/mol. The van der Waals surface area contributed by atoms with E-state index in [0.717, 1.165) is 19.4 Å². The van der Waals surface area contributed by atoms with Crippen molar-refractivity contribution in [2.75, 3.05) is 18.4 Å². The Balaban J connectivity index is 2.08. The lowest BCUT2D eigenvalue weighted by Gasteiger charge is -2.39. The number of halogens is 2. The first-order valence-corrected chi connectivity index (χ1v) is 7.51. The summed E-state index contributed by atoms with van der Waals surface area (Å²) in [5, 5.41) is 3.74. The van der Waals surface area contributed by atoms with E-state index in [9.17, 15) is 4.79 Å². The van der Waals surface area contributed by atoms with Crippen molar-refractivity contribution in [1.82, 2.24) is 4.90 Å². The molecule has 0 aliphatic carbocycles. The van der Waals surface area contributed by atoms with Gasteiger partial charge in [-0.1, -0.05) is 30.1 Å². The van der Waals surface area contributed by atoms with E-state index < -0.39 is 0 Å². The lowest BCUT2D eigenvalue weighted by atomic mass is 9.91. The fourth-order valence-electron chi connectivity index (χ4n) is 2.63. The first kappa shape index (κ1) is 15.4. The number of likely N-dealkylation sites (tertiary alicyclic amines) is 1. The third-order valence-corrected chi connectivity index (χ3v) is 4.53. The molecule has 1 heterocycles. The van der Waals surface area contributed by atoms with Crippen molar-refractivity contribution in [3.8, 4) is 0 Å². The number of carbonyl (C=O) groups excluding carboxylic acids is 1. The fourth-order valence-corrected chi connectivity index (χ4v) is 2.93. The number of hydrogen-bond acceptors (Lipinski definition) is 2. The van der Waals surface area contributed by atoms with E-state index in [1.54, 1.807) is 18.2 Å². The van der Waals surface area contributed by atoms with Crippen LogP contribution in [0.1, 0.15) is 19.8 Å². The lowest BCUT2D eigenvalue weighted by molar-refractivity contribution is 0.133. The number of carbonyl (C=O) groups is 1. The molecule has 2 unspecified atom stereocenters. The first-order chi connectivity index (χ1) is 9.52. The molecule has 1 aromatic rings. The Morgan fingerprint density at radius 3 is 2.85 bits per heavy atom. The van der Waals surface area contributed by atoms with Crippen LogP contribution in [0.2, 0.25) is 10.0 Å². The molecule has 2 rings (SSSR count). The number of amides is 2. The van der Waals surface area contributed by atoms with Crippen molar-refractivity contribution in [2.24, 2.45) is 11.7 Å². The third kappa shape index (κ3) is 3.37. The maximum atomic E-state index is 12.4. The predicted molar refractivity (Wildman–Crippen MR) is 83.4 cm³/mol. The van der Waals surface area contributed by atoms with Gasteiger partial charge in [0.2, 0.25) is 0 Å². The molecule has 2 amide bonds. The summed E-state index contributed by atoms with van der Waals surface area (Å²) in [7, 11) is 0. The molecule has 1 aromatic carbocycles. The number of rotatable bonds is 2. The van der Waals surface area contributed by atoms with E-state index in [1.165, 1.54) is 0 Å². The Morgan fingerprint density at radius 2 is 2.20 bits per heavy atom. The molecule has 1 saturated heterocycles. The molecule has 0 radical (unpaired) electrons. The summed E-state index contributed by atoms with van der Waals surface area (Å²) in [6.07, 6.45) is 2.12. The van der Waals surface area contributed by atoms with E-state index in [2.05, 4.69) is 12.2 Å². The smallest absolute Gasteiger partial charge is 0.322 e. The van der Waals surface area contributed by atoms with Crippen LogP contribution in [0.3, 0.4) is 0 Å². The molecule has 4 nitrogen and oxygen atoms in total. The molecule has 1 fully saturated rings. The van der Waals surface area contributed by atoms with E-state index in [0.29, 0.717) is 28.2 Å². The zero-order chi connectivity index (χ0) is 14.7. The van der Waals surface area contributed by atoms with Crippen LogP contribution in [0.25, 0.3) is 0 Å². The summed E-state index contributed by atoms with van der Waals surface area (Å²) in [5.41, 5.74) is 6.44. The van der Waals surface area contributed by atoms with Crippen LogP contribution in [0, 0.1) is 5.92 Å². The fraction of sp³-hybridized carbons (Fsp3) is 0.500. The highest BCUT2D eigenvalue weighted by molar-refractivity contribution is 6.42. The van der Waals surface area contributed by atoms with Gasteiger partial charge in [0.25, 0.3) is 0 Å². The van der Waals surface area contributed by atoms with E-state index >= 15 is 0 Å². The summed E-state index contributed by atoms with van der Waals surface area (Å²) in [4.78, 5) is 14.2. The SMILES string of the molecule is CC1CCCN(C(=O)Nc2ccc(Cl)c(Cl)c2)C1CN. The highest BCUT2D eigenvalue weighted by atomic mass is 35.5. The summed E-state index contributed by atoms with van der Waals surface area (Å²) in [6.45, 7) is 3.35. The van der Waals surface area contributed by atoms with Crippen molar-refractivity contribution < 1.29 is 4.79 Å². The molecule has 1 aliphatic rings. The molecule has 6 heteroatoms. The van der Waals surface area contributed by atoms with Gasteiger partial charge >= 0.3 is 6.03 Å².